The van der Waals surface area contributed by atoms with Gasteiger partial charge in [0.1, 0.15) is 17.8 Å². The lowest BCUT2D eigenvalue weighted by Crippen LogP contribution is -2.41. The zero-order chi connectivity index (χ0) is 16.1. The zero-order valence-electron chi connectivity index (χ0n) is 13.8. The molecule has 0 radical (unpaired) electrons. The highest BCUT2D eigenvalue weighted by atomic mass is 15.2. The zero-order valence-corrected chi connectivity index (χ0v) is 13.8. The maximum absolute atomic E-state index is 5.58. The molecule has 2 heterocycles. The van der Waals surface area contributed by atoms with Crippen molar-refractivity contribution in [2.75, 3.05) is 18.4 Å². The lowest BCUT2D eigenvalue weighted by molar-refractivity contribution is 0.161. The molecular formula is C18H25N5. The first-order valence-corrected chi connectivity index (χ1v) is 8.50. The summed E-state index contributed by atoms with van der Waals surface area (Å²) in [5.41, 5.74) is 0.871. The van der Waals surface area contributed by atoms with Crippen LogP contribution < -0.4 is 5.32 Å². The molecule has 0 bridgehead atoms. The standard InChI is InChI=1S/C18H25N5/c1-3-12-23(15-6-4-5-7-15)14(2)8-10-19-17-16-9-11-20-18(16)22-13-21-17/h1,9,11,13-15H,4-8,10,12H2,2H3,(H2,19,20,21,22)/t14-/m0/s1. The van der Waals surface area contributed by atoms with Gasteiger partial charge in [0.25, 0.3) is 0 Å². The Labute approximate surface area is 137 Å². The third-order valence-electron chi connectivity index (χ3n) is 4.84. The highest BCUT2D eigenvalue weighted by Crippen LogP contribution is 2.25. The van der Waals surface area contributed by atoms with Crippen molar-refractivity contribution in [2.45, 2.75) is 51.1 Å². The average Bonchev–Trinajstić information content (AvgIpc) is 3.24. The summed E-state index contributed by atoms with van der Waals surface area (Å²) in [7, 11) is 0. The number of nitrogens with zero attached hydrogens (tertiary/aromatic N) is 3. The van der Waals surface area contributed by atoms with Crippen molar-refractivity contribution in [1.29, 1.82) is 0 Å². The van der Waals surface area contributed by atoms with Gasteiger partial charge in [0.05, 0.1) is 11.9 Å². The molecule has 0 saturated heterocycles. The highest BCUT2D eigenvalue weighted by molar-refractivity contribution is 5.86. The number of aromatic amines is 1. The monoisotopic (exact) mass is 311 g/mol. The lowest BCUT2D eigenvalue weighted by atomic mass is 10.1. The van der Waals surface area contributed by atoms with Crippen LogP contribution in [0.2, 0.25) is 0 Å². The molecule has 0 aliphatic heterocycles. The van der Waals surface area contributed by atoms with Gasteiger partial charge in [-0.3, -0.25) is 4.90 Å². The second kappa shape index (κ2) is 7.47. The Morgan fingerprint density at radius 3 is 3.04 bits per heavy atom. The molecule has 122 valence electrons. The van der Waals surface area contributed by atoms with Gasteiger partial charge in [-0.05, 0) is 32.3 Å². The van der Waals surface area contributed by atoms with Crippen molar-refractivity contribution in [3.05, 3.63) is 18.6 Å². The molecule has 1 fully saturated rings. The normalized spacial score (nSPS) is 16.7. The minimum atomic E-state index is 0.477. The fourth-order valence-electron chi connectivity index (χ4n) is 3.56. The van der Waals surface area contributed by atoms with E-state index in [-0.39, 0.29) is 0 Å². The third-order valence-corrected chi connectivity index (χ3v) is 4.84. The molecular weight excluding hydrogens is 286 g/mol. The van der Waals surface area contributed by atoms with Crippen LogP contribution in [0.15, 0.2) is 18.6 Å². The van der Waals surface area contributed by atoms with E-state index >= 15 is 0 Å². The van der Waals surface area contributed by atoms with Crippen molar-refractivity contribution in [3.63, 3.8) is 0 Å². The predicted molar refractivity (Wildman–Crippen MR) is 94.3 cm³/mol. The number of rotatable bonds is 7. The summed E-state index contributed by atoms with van der Waals surface area (Å²) < 4.78 is 0. The number of fused-ring (bicyclic) bond motifs is 1. The van der Waals surface area contributed by atoms with Crippen molar-refractivity contribution < 1.29 is 0 Å². The molecule has 0 unspecified atom stereocenters. The summed E-state index contributed by atoms with van der Waals surface area (Å²) in [5.74, 6) is 3.73. The molecule has 3 rings (SSSR count). The molecule has 1 aliphatic carbocycles. The number of aromatic nitrogens is 3. The van der Waals surface area contributed by atoms with Crippen LogP contribution in [0.1, 0.15) is 39.0 Å². The Morgan fingerprint density at radius 1 is 1.43 bits per heavy atom. The van der Waals surface area contributed by atoms with Crippen molar-refractivity contribution in [2.24, 2.45) is 0 Å². The van der Waals surface area contributed by atoms with Gasteiger partial charge < -0.3 is 10.3 Å². The third kappa shape index (κ3) is 3.65. The molecule has 0 spiro atoms. The quantitative estimate of drug-likeness (QED) is 0.772. The summed E-state index contributed by atoms with van der Waals surface area (Å²) in [6.07, 6.45) is 15.4. The molecule has 23 heavy (non-hydrogen) atoms. The first-order valence-electron chi connectivity index (χ1n) is 8.50. The molecule has 2 N–H and O–H groups in total. The van der Waals surface area contributed by atoms with E-state index in [4.69, 9.17) is 6.42 Å². The van der Waals surface area contributed by atoms with E-state index < -0.39 is 0 Å². The topological polar surface area (TPSA) is 56.8 Å². The van der Waals surface area contributed by atoms with Crippen LogP contribution in [0.3, 0.4) is 0 Å². The van der Waals surface area contributed by atoms with Gasteiger partial charge >= 0.3 is 0 Å². The second-order valence-electron chi connectivity index (χ2n) is 6.34. The van der Waals surface area contributed by atoms with Gasteiger partial charge in [0.2, 0.25) is 0 Å². The minimum Gasteiger partial charge on any atom is -0.369 e. The first-order chi connectivity index (χ1) is 11.3. The molecule has 1 atom stereocenters. The van der Waals surface area contributed by atoms with Crippen molar-refractivity contribution in [3.8, 4) is 12.3 Å². The Bertz CT molecular complexity index is 665. The second-order valence-corrected chi connectivity index (χ2v) is 6.34. The Hall–Kier alpha value is -2.06. The summed E-state index contributed by atoms with van der Waals surface area (Å²) in [6, 6.07) is 3.14. The fourth-order valence-corrected chi connectivity index (χ4v) is 3.56. The molecule has 0 amide bonds. The van der Waals surface area contributed by atoms with Gasteiger partial charge in [-0.25, -0.2) is 9.97 Å². The Balaban J connectivity index is 1.56. The summed E-state index contributed by atoms with van der Waals surface area (Å²) in [6.45, 7) is 3.91. The van der Waals surface area contributed by atoms with E-state index in [2.05, 4.69) is 38.0 Å². The van der Waals surface area contributed by atoms with E-state index in [9.17, 15) is 0 Å². The molecule has 2 aromatic rings. The van der Waals surface area contributed by atoms with Crippen LogP contribution >= 0.6 is 0 Å². The Kier molecular flexibility index (Phi) is 5.14. The number of hydrogen-bond donors (Lipinski definition) is 2. The number of terminal acetylenes is 1. The maximum Gasteiger partial charge on any atom is 0.142 e. The highest BCUT2D eigenvalue weighted by Gasteiger charge is 2.25. The average molecular weight is 311 g/mol. The van der Waals surface area contributed by atoms with Gasteiger partial charge in [0, 0.05) is 24.8 Å². The summed E-state index contributed by atoms with van der Waals surface area (Å²) >= 11 is 0. The smallest absolute Gasteiger partial charge is 0.142 e. The predicted octanol–water partition coefficient (Wildman–Crippen LogP) is 3.03. The van der Waals surface area contributed by atoms with Gasteiger partial charge in [-0.2, -0.15) is 0 Å². The molecule has 1 saturated carbocycles. The van der Waals surface area contributed by atoms with Gasteiger partial charge in [-0.15, -0.1) is 6.42 Å². The van der Waals surface area contributed by atoms with E-state index in [1.165, 1.54) is 25.7 Å². The van der Waals surface area contributed by atoms with Crippen LogP contribution in [0.25, 0.3) is 11.0 Å². The van der Waals surface area contributed by atoms with Crippen molar-refractivity contribution >= 4 is 16.9 Å². The first kappa shape index (κ1) is 15.8. The lowest BCUT2D eigenvalue weighted by Gasteiger charge is -2.33. The maximum atomic E-state index is 5.58. The van der Waals surface area contributed by atoms with Crippen LogP contribution in [0.5, 0.6) is 0 Å². The van der Waals surface area contributed by atoms with Crippen LogP contribution in [-0.4, -0.2) is 45.0 Å². The largest absolute Gasteiger partial charge is 0.369 e. The summed E-state index contributed by atoms with van der Waals surface area (Å²) in [4.78, 5) is 14.2. The van der Waals surface area contributed by atoms with E-state index in [1.54, 1.807) is 6.33 Å². The molecule has 5 nitrogen and oxygen atoms in total. The van der Waals surface area contributed by atoms with Crippen LogP contribution in [0.4, 0.5) is 5.82 Å². The Morgan fingerprint density at radius 2 is 2.26 bits per heavy atom. The molecule has 2 aromatic heterocycles. The van der Waals surface area contributed by atoms with Crippen LogP contribution in [-0.2, 0) is 0 Å². The van der Waals surface area contributed by atoms with Gasteiger partial charge in [-0.1, -0.05) is 18.8 Å². The number of hydrogen-bond acceptors (Lipinski definition) is 4. The molecule has 5 heteroatoms. The van der Waals surface area contributed by atoms with Crippen LogP contribution in [0, 0.1) is 12.3 Å². The van der Waals surface area contributed by atoms with E-state index in [0.717, 1.165) is 36.4 Å². The fraction of sp³-hybridized carbons (Fsp3) is 0.556. The molecule has 1 aliphatic rings. The minimum absolute atomic E-state index is 0.477. The van der Waals surface area contributed by atoms with E-state index in [1.807, 2.05) is 12.3 Å². The number of anilines is 1. The number of H-pyrrole nitrogens is 1. The summed E-state index contributed by atoms with van der Waals surface area (Å²) in [5, 5.41) is 4.48. The SMILES string of the molecule is C#CCN(C1CCCC1)[C@@H](C)CCNc1ncnc2[nH]ccc12. The molecule has 0 aromatic carbocycles. The number of nitrogens with one attached hydrogen (secondary N) is 2. The van der Waals surface area contributed by atoms with Crippen molar-refractivity contribution in [1.82, 2.24) is 19.9 Å². The van der Waals surface area contributed by atoms with E-state index in [0.29, 0.717) is 12.1 Å². The van der Waals surface area contributed by atoms with Gasteiger partial charge in [0.15, 0.2) is 0 Å².